The zero-order valence-corrected chi connectivity index (χ0v) is 21.0. The molecule has 4 rings (SSSR count). The van der Waals surface area contributed by atoms with Gasteiger partial charge in [-0.15, -0.1) is 0 Å². The summed E-state index contributed by atoms with van der Waals surface area (Å²) in [5, 5.41) is 4.13. The first-order chi connectivity index (χ1) is 17.0. The number of benzene rings is 2. The van der Waals surface area contributed by atoms with Gasteiger partial charge in [-0.1, -0.05) is 29.8 Å². The second-order valence-electron chi connectivity index (χ2n) is 8.96. The predicted octanol–water partition coefficient (Wildman–Crippen LogP) is 4.72. The summed E-state index contributed by atoms with van der Waals surface area (Å²) in [7, 11) is 3.18. The van der Waals surface area contributed by atoms with E-state index in [0.29, 0.717) is 36.3 Å². The van der Waals surface area contributed by atoms with Crippen molar-refractivity contribution in [1.29, 1.82) is 0 Å². The summed E-state index contributed by atoms with van der Waals surface area (Å²) in [6.07, 6.45) is 2.74. The largest absolute Gasteiger partial charge is 0.493 e. The minimum Gasteiger partial charge on any atom is -0.493 e. The Hall–Kier alpha value is -3.55. The number of hydrogen-bond acceptors (Lipinski definition) is 7. The van der Waals surface area contributed by atoms with E-state index in [2.05, 4.69) is 53.2 Å². The van der Waals surface area contributed by atoms with Crippen LogP contribution in [0.4, 0.5) is 5.69 Å². The van der Waals surface area contributed by atoms with E-state index >= 15 is 0 Å². The van der Waals surface area contributed by atoms with Crippen molar-refractivity contribution in [3.8, 4) is 22.9 Å². The van der Waals surface area contributed by atoms with Crippen molar-refractivity contribution < 1.29 is 18.8 Å². The summed E-state index contributed by atoms with van der Waals surface area (Å²) in [6.45, 7) is 6.80. The molecular formula is C27H34N4O4. The quantitative estimate of drug-likeness (QED) is 0.440. The van der Waals surface area contributed by atoms with Crippen LogP contribution in [0.25, 0.3) is 11.4 Å². The number of methoxy groups -OCH3 is 2. The number of aromatic nitrogens is 2. The summed E-state index contributed by atoms with van der Waals surface area (Å²) >= 11 is 0. The number of ether oxygens (including phenoxy) is 2. The number of amides is 1. The van der Waals surface area contributed by atoms with Gasteiger partial charge in [0, 0.05) is 30.9 Å². The Bertz CT molecular complexity index is 1130. The molecule has 1 aromatic heterocycles. The molecule has 2 heterocycles. The second-order valence-corrected chi connectivity index (χ2v) is 8.96. The molecular weight excluding hydrogens is 444 g/mol. The van der Waals surface area contributed by atoms with Crippen LogP contribution in [0, 0.1) is 12.8 Å². The lowest BCUT2D eigenvalue weighted by molar-refractivity contribution is -0.136. The van der Waals surface area contributed by atoms with Crippen LogP contribution in [-0.4, -0.2) is 54.8 Å². The number of carbonyl (C=O) groups excluding carboxylic acids is 1. The maximum absolute atomic E-state index is 13.5. The van der Waals surface area contributed by atoms with E-state index in [4.69, 9.17) is 14.0 Å². The van der Waals surface area contributed by atoms with Crippen LogP contribution >= 0.6 is 0 Å². The SMILES string of the molecule is CCCN(Cc1nc(-c2ccc(OC)c(OC)c2)no1)C(=O)[C@H]1CCCN(c2ccc(C)cc2)C1. The molecule has 186 valence electrons. The van der Waals surface area contributed by atoms with Crippen molar-refractivity contribution in [2.24, 2.45) is 5.92 Å². The molecule has 1 aliphatic rings. The molecule has 0 unspecified atom stereocenters. The minimum absolute atomic E-state index is 0.0511. The summed E-state index contributed by atoms with van der Waals surface area (Å²) in [4.78, 5) is 22.3. The van der Waals surface area contributed by atoms with Crippen LogP contribution < -0.4 is 14.4 Å². The highest BCUT2D eigenvalue weighted by Crippen LogP contribution is 2.31. The maximum Gasteiger partial charge on any atom is 0.246 e. The number of piperidine rings is 1. The van der Waals surface area contributed by atoms with Crippen LogP contribution in [0.5, 0.6) is 11.5 Å². The zero-order valence-electron chi connectivity index (χ0n) is 21.0. The standard InChI is InChI=1S/C27H34N4O4/c1-5-14-31(27(32)21-7-6-15-30(17-21)22-11-8-19(2)9-12-22)18-25-28-26(29-35-25)20-10-13-23(33-3)24(16-20)34-4/h8-13,16,21H,5-7,14-15,17-18H2,1-4H3/t21-/m0/s1. The van der Waals surface area contributed by atoms with Gasteiger partial charge in [0.1, 0.15) is 0 Å². The highest BCUT2D eigenvalue weighted by molar-refractivity contribution is 5.79. The van der Waals surface area contributed by atoms with Gasteiger partial charge in [0.05, 0.1) is 26.7 Å². The van der Waals surface area contributed by atoms with Gasteiger partial charge in [-0.2, -0.15) is 4.98 Å². The van der Waals surface area contributed by atoms with Crippen LogP contribution in [0.15, 0.2) is 47.0 Å². The monoisotopic (exact) mass is 478 g/mol. The van der Waals surface area contributed by atoms with Gasteiger partial charge in [-0.3, -0.25) is 4.79 Å². The molecule has 1 saturated heterocycles. The van der Waals surface area contributed by atoms with Crippen LogP contribution in [0.1, 0.15) is 37.6 Å². The van der Waals surface area contributed by atoms with Crippen molar-refractivity contribution in [2.45, 2.75) is 39.7 Å². The molecule has 0 saturated carbocycles. The molecule has 1 amide bonds. The fraction of sp³-hybridized carbons (Fsp3) is 0.444. The average Bonchev–Trinajstić information content (AvgIpc) is 3.36. The second kappa shape index (κ2) is 11.3. The summed E-state index contributed by atoms with van der Waals surface area (Å²) < 4.78 is 16.2. The molecule has 8 nitrogen and oxygen atoms in total. The third-order valence-corrected chi connectivity index (χ3v) is 6.41. The Morgan fingerprint density at radius 3 is 2.63 bits per heavy atom. The van der Waals surface area contributed by atoms with Crippen molar-refractivity contribution in [2.75, 3.05) is 38.8 Å². The third kappa shape index (κ3) is 5.75. The normalized spacial score (nSPS) is 15.7. The topological polar surface area (TPSA) is 80.9 Å². The number of aryl methyl sites for hydroxylation is 1. The first-order valence-corrected chi connectivity index (χ1v) is 12.2. The molecule has 2 aromatic carbocycles. The van der Waals surface area contributed by atoms with E-state index in [9.17, 15) is 4.79 Å². The Morgan fingerprint density at radius 1 is 1.14 bits per heavy atom. The number of nitrogens with zero attached hydrogens (tertiary/aromatic N) is 4. The van der Waals surface area contributed by atoms with E-state index in [1.54, 1.807) is 20.3 Å². The van der Waals surface area contributed by atoms with Gasteiger partial charge >= 0.3 is 0 Å². The van der Waals surface area contributed by atoms with Gasteiger partial charge in [-0.25, -0.2) is 0 Å². The Balaban J connectivity index is 1.46. The smallest absolute Gasteiger partial charge is 0.246 e. The van der Waals surface area contributed by atoms with Gasteiger partial charge in [-0.05, 0) is 56.5 Å². The van der Waals surface area contributed by atoms with Gasteiger partial charge < -0.3 is 23.8 Å². The van der Waals surface area contributed by atoms with Gasteiger partial charge in [0.15, 0.2) is 11.5 Å². The number of carbonyl (C=O) groups is 1. The lowest BCUT2D eigenvalue weighted by atomic mass is 9.95. The number of anilines is 1. The summed E-state index contributed by atoms with van der Waals surface area (Å²) in [5.41, 5.74) is 3.16. The first-order valence-electron chi connectivity index (χ1n) is 12.2. The van der Waals surface area contributed by atoms with E-state index in [1.165, 1.54) is 11.3 Å². The van der Waals surface area contributed by atoms with Gasteiger partial charge in [0.2, 0.25) is 17.6 Å². The fourth-order valence-corrected chi connectivity index (χ4v) is 4.54. The van der Waals surface area contributed by atoms with Crippen LogP contribution in [0.2, 0.25) is 0 Å². The van der Waals surface area contributed by atoms with E-state index in [-0.39, 0.29) is 11.8 Å². The Morgan fingerprint density at radius 2 is 1.91 bits per heavy atom. The summed E-state index contributed by atoms with van der Waals surface area (Å²) in [5.74, 6) is 2.19. The van der Waals surface area contributed by atoms with E-state index in [0.717, 1.165) is 37.9 Å². The number of rotatable bonds is 9. The van der Waals surface area contributed by atoms with Crippen molar-refractivity contribution >= 4 is 11.6 Å². The Labute approximate surface area is 206 Å². The summed E-state index contributed by atoms with van der Waals surface area (Å²) in [6, 6.07) is 14.0. The minimum atomic E-state index is -0.0511. The third-order valence-electron chi connectivity index (χ3n) is 6.41. The molecule has 35 heavy (non-hydrogen) atoms. The predicted molar refractivity (Wildman–Crippen MR) is 135 cm³/mol. The molecule has 1 fully saturated rings. The Kier molecular flexibility index (Phi) is 7.90. The molecule has 0 radical (unpaired) electrons. The molecule has 0 bridgehead atoms. The fourth-order valence-electron chi connectivity index (χ4n) is 4.54. The molecule has 0 N–H and O–H groups in total. The van der Waals surface area contributed by atoms with Crippen molar-refractivity contribution in [1.82, 2.24) is 15.0 Å². The van der Waals surface area contributed by atoms with E-state index in [1.807, 2.05) is 17.0 Å². The lowest BCUT2D eigenvalue weighted by Crippen LogP contribution is -2.45. The molecule has 1 atom stereocenters. The first kappa shape index (κ1) is 24.6. The van der Waals surface area contributed by atoms with Crippen LogP contribution in [-0.2, 0) is 11.3 Å². The average molecular weight is 479 g/mol. The zero-order chi connectivity index (χ0) is 24.8. The van der Waals surface area contributed by atoms with Gasteiger partial charge in [0.25, 0.3) is 0 Å². The van der Waals surface area contributed by atoms with Crippen molar-refractivity contribution in [3.63, 3.8) is 0 Å². The maximum atomic E-state index is 13.5. The van der Waals surface area contributed by atoms with Crippen molar-refractivity contribution in [3.05, 3.63) is 53.9 Å². The molecule has 0 aliphatic carbocycles. The van der Waals surface area contributed by atoms with E-state index < -0.39 is 0 Å². The molecule has 0 spiro atoms. The highest BCUT2D eigenvalue weighted by Gasteiger charge is 2.30. The molecule has 8 heteroatoms. The van der Waals surface area contributed by atoms with Crippen LogP contribution in [0.3, 0.4) is 0 Å². The molecule has 3 aromatic rings. The highest BCUT2D eigenvalue weighted by atomic mass is 16.5. The lowest BCUT2D eigenvalue weighted by Gasteiger charge is -2.36. The number of hydrogen-bond donors (Lipinski definition) is 0. The molecule has 1 aliphatic heterocycles.